The molecular weight excluding hydrogens is 803 g/mol. The Balaban J connectivity index is 0.928. The summed E-state index contributed by atoms with van der Waals surface area (Å²) in [6.45, 7) is 11.8. The van der Waals surface area contributed by atoms with Crippen LogP contribution in [0.3, 0.4) is 0 Å². The number of rotatable bonds is 22. The molecule has 6 rings (SSSR count). The van der Waals surface area contributed by atoms with Crippen molar-refractivity contribution in [2.24, 2.45) is 58.0 Å². The van der Waals surface area contributed by atoms with Crippen molar-refractivity contribution in [3.05, 3.63) is 12.7 Å². The molecule has 6 N–H and O–H groups in total. The van der Waals surface area contributed by atoms with Crippen LogP contribution in [0.5, 0.6) is 0 Å². The number of nitrogen functional groups attached to an aromatic ring is 1. The van der Waals surface area contributed by atoms with E-state index >= 15 is 0 Å². The van der Waals surface area contributed by atoms with Crippen molar-refractivity contribution in [2.75, 3.05) is 45.1 Å². The van der Waals surface area contributed by atoms with Crippen LogP contribution in [0, 0.1) is 52.3 Å². The number of ether oxygens (including phenoxy) is 3. The Kier molecular flexibility index (Phi) is 16.3. The van der Waals surface area contributed by atoms with E-state index in [0.717, 1.165) is 57.8 Å². The molecule has 2 aromatic heterocycles. The van der Waals surface area contributed by atoms with Crippen molar-refractivity contribution in [1.29, 1.82) is 0 Å². The van der Waals surface area contributed by atoms with E-state index in [0.29, 0.717) is 72.5 Å². The van der Waals surface area contributed by atoms with Gasteiger partial charge in [0.15, 0.2) is 11.5 Å². The molecule has 4 saturated carbocycles. The van der Waals surface area contributed by atoms with Gasteiger partial charge in [0, 0.05) is 25.8 Å². The maximum absolute atomic E-state index is 13.8. The van der Waals surface area contributed by atoms with E-state index in [1.807, 2.05) is 13.8 Å². The number of nitrogens with zero attached hydrogens (tertiary/aromatic N) is 4. The Morgan fingerprint density at radius 2 is 1.62 bits per heavy atom. The summed E-state index contributed by atoms with van der Waals surface area (Å²) < 4.78 is 43.7. The van der Waals surface area contributed by atoms with Crippen molar-refractivity contribution in [3.8, 4) is 0 Å². The molecule has 0 amide bonds. The number of esters is 2. The number of nitrogens with two attached hydrogens (primary N) is 2. The van der Waals surface area contributed by atoms with Gasteiger partial charge in [-0.2, -0.15) is 0 Å². The molecule has 0 bridgehead atoms. The van der Waals surface area contributed by atoms with Gasteiger partial charge in [0.25, 0.3) is 0 Å². The maximum Gasteiger partial charge on any atom is 0.356 e. The third-order valence-electron chi connectivity index (χ3n) is 15.1. The van der Waals surface area contributed by atoms with Gasteiger partial charge in [-0.1, -0.05) is 34.6 Å². The van der Waals surface area contributed by atoms with Gasteiger partial charge in [0.2, 0.25) is 0 Å². The summed E-state index contributed by atoms with van der Waals surface area (Å²) in [5, 5.41) is 22.0. The van der Waals surface area contributed by atoms with Crippen molar-refractivity contribution >= 4 is 36.5 Å². The molecule has 4 fully saturated rings. The average molecular weight is 877 g/mol. The van der Waals surface area contributed by atoms with Crippen molar-refractivity contribution in [1.82, 2.24) is 19.5 Å². The number of hydrogen-bond acceptors (Lipinski definition) is 15. The first-order valence-electron chi connectivity index (χ1n) is 22.9. The Morgan fingerprint density at radius 1 is 0.918 bits per heavy atom. The second-order valence-electron chi connectivity index (χ2n) is 19.5. The molecule has 2 heterocycles. The first-order chi connectivity index (χ1) is 29.0. The highest BCUT2D eigenvalue weighted by Crippen LogP contribution is 2.68. The quantitative estimate of drug-likeness (QED) is 0.0581. The number of aliphatic hydroxyl groups excluding tert-OH is 2. The number of aliphatic hydroxyl groups is 2. The fourth-order valence-corrected chi connectivity index (χ4v) is 13.3. The fourth-order valence-electron chi connectivity index (χ4n) is 11.9. The minimum Gasteiger partial charge on any atom is -0.466 e. The first kappa shape index (κ1) is 47.8. The van der Waals surface area contributed by atoms with E-state index < -0.39 is 19.6 Å². The van der Waals surface area contributed by atoms with Crippen LogP contribution in [-0.2, 0) is 44.0 Å². The molecule has 1 unspecified atom stereocenters. The highest BCUT2D eigenvalue weighted by atomic mass is 31.2. The van der Waals surface area contributed by atoms with Crippen LogP contribution in [0.15, 0.2) is 12.7 Å². The molecule has 4 aliphatic carbocycles. The molecule has 0 aliphatic heterocycles. The van der Waals surface area contributed by atoms with Crippen LogP contribution in [0.2, 0.25) is 0 Å². The number of hydrogen-bond donors (Lipinski definition) is 4. The number of carbonyl (C=O) groups excluding carboxylic acids is 2. The summed E-state index contributed by atoms with van der Waals surface area (Å²) in [7, 11) is -3.76. The van der Waals surface area contributed by atoms with Crippen LogP contribution < -0.4 is 11.5 Å². The molecule has 0 saturated heterocycles. The minimum absolute atomic E-state index is 0.00365. The molecule has 12 atom stereocenters. The summed E-state index contributed by atoms with van der Waals surface area (Å²) in [4.78, 5) is 37.6. The SMILES string of the molecule is CC(C)C[C@@H](N)C(=O)OCCCOP(=O)(COCCn1cnc2c(N)ncnc21)OCCCOC(=O)CC[C@@H](C)[C@H]1CC[C@H]2[C@@H]3[C@@H](O)C[C@@H]4C[C@H](O)CC[C@]4(C)[C@H]3CC[C@]12C. The minimum atomic E-state index is -3.76. The molecule has 344 valence electrons. The summed E-state index contributed by atoms with van der Waals surface area (Å²) in [5.41, 5.74) is 13.2. The van der Waals surface area contributed by atoms with Gasteiger partial charge < -0.3 is 49.5 Å². The van der Waals surface area contributed by atoms with Crippen LogP contribution >= 0.6 is 7.60 Å². The van der Waals surface area contributed by atoms with E-state index in [2.05, 4.69) is 35.7 Å². The van der Waals surface area contributed by atoms with Gasteiger partial charge in [-0.25, -0.2) is 15.0 Å². The normalized spacial score (nSPS) is 31.8. The van der Waals surface area contributed by atoms with Crippen LogP contribution in [0.4, 0.5) is 5.82 Å². The molecule has 0 aromatic carbocycles. The van der Waals surface area contributed by atoms with E-state index in [1.54, 1.807) is 10.9 Å². The van der Waals surface area contributed by atoms with Crippen LogP contribution in [0.25, 0.3) is 11.2 Å². The van der Waals surface area contributed by atoms with Gasteiger partial charge in [0.05, 0.1) is 51.6 Å². The Hall–Kier alpha value is -2.72. The van der Waals surface area contributed by atoms with Crippen molar-refractivity contribution < 1.29 is 47.6 Å². The lowest BCUT2D eigenvalue weighted by molar-refractivity contribution is -0.174. The molecule has 0 radical (unpaired) electrons. The van der Waals surface area contributed by atoms with Gasteiger partial charge in [-0.05, 0) is 116 Å². The smallest absolute Gasteiger partial charge is 0.356 e. The van der Waals surface area contributed by atoms with Crippen LogP contribution in [-0.4, -0.2) is 99.3 Å². The summed E-state index contributed by atoms with van der Waals surface area (Å²) >= 11 is 0. The molecule has 0 spiro atoms. The van der Waals surface area contributed by atoms with E-state index in [9.17, 15) is 24.4 Å². The number of anilines is 1. The lowest BCUT2D eigenvalue weighted by atomic mass is 9.43. The van der Waals surface area contributed by atoms with Crippen molar-refractivity contribution in [3.63, 3.8) is 0 Å². The molecular formula is C44H73N6O10P. The van der Waals surface area contributed by atoms with Gasteiger partial charge in [-0.3, -0.25) is 14.2 Å². The number of aromatic nitrogens is 4. The van der Waals surface area contributed by atoms with Crippen molar-refractivity contribution in [2.45, 2.75) is 143 Å². The van der Waals surface area contributed by atoms with Gasteiger partial charge >= 0.3 is 19.5 Å². The Morgan fingerprint density at radius 3 is 2.36 bits per heavy atom. The predicted molar refractivity (Wildman–Crippen MR) is 230 cm³/mol. The third kappa shape index (κ3) is 11.3. The van der Waals surface area contributed by atoms with Crippen LogP contribution in [0.1, 0.15) is 118 Å². The topological polar surface area (TPSA) is 233 Å². The highest BCUT2D eigenvalue weighted by molar-refractivity contribution is 7.53. The molecule has 4 aliphatic rings. The second kappa shape index (κ2) is 20.9. The molecule has 16 nitrogen and oxygen atoms in total. The first-order valence-corrected chi connectivity index (χ1v) is 24.6. The van der Waals surface area contributed by atoms with E-state index in [4.69, 9.17) is 34.7 Å². The molecule has 17 heteroatoms. The fraction of sp³-hybridized carbons (Fsp3) is 0.841. The Labute approximate surface area is 361 Å². The monoisotopic (exact) mass is 877 g/mol. The second-order valence-corrected chi connectivity index (χ2v) is 21.5. The third-order valence-corrected chi connectivity index (χ3v) is 16.7. The predicted octanol–water partition coefficient (Wildman–Crippen LogP) is 6.26. The maximum atomic E-state index is 13.8. The summed E-state index contributed by atoms with van der Waals surface area (Å²) in [6.07, 6.45) is 12.3. The van der Waals surface area contributed by atoms with Gasteiger partial charge in [-0.15, -0.1) is 0 Å². The zero-order chi connectivity index (χ0) is 44.0. The molecule has 61 heavy (non-hydrogen) atoms. The zero-order valence-corrected chi connectivity index (χ0v) is 38.0. The lowest BCUT2D eigenvalue weighted by Crippen LogP contribution is -2.58. The van der Waals surface area contributed by atoms with Gasteiger partial charge in [0.1, 0.15) is 24.2 Å². The lowest BCUT2D eigenvalue weighted by Gasteiger charge is -2.62. The average Bonchev–Trinajstić information content (AvgIpc) is 3.80. The summed E-state index contributed by atoms with van der Waals surface area (Å²) in [6, 6.07) is -0.705. The van der Waals surface area contributed by atoms with E-state index in [1.165, 1.54) is 6.33 Å². The number of carbonyl (C=O) groups is 2. The Bertz CT molecular complexity index is 1820. The molecule has 2 aromatic rings. The number of fused-ring (bicyclic) bond motifs is 6. The largest absolute Gasteiger partial charge is 0.466 e. The number of imidazole rings is 1. The highest BCUT2D eigenvalue weighted by Gasteiger charge is 2.62. The zero-order valence-electron chi connectivity index (χ0n) is 37.1. The standard InChI is InChI=1S/C44H73N6O10P/c1-28(2)22-35(45)42(54)58-18-7-20-60-61(55,27-56-21-16-50-26-49-39-40(46)47-25-48-41(39)50)59-19-6-17-57-37(53)11-8-29(3)32-9-10-33-38-34(13-15-44(32,33)5)43(4)14-12-31(51)23-30(43)24-36(38)52/h25-26,28-36,38,51-52H,6-24,27,45H2,1-5H3,(H2,46,47,48)/t29-,30+,31-,32-,33+,34+,35-,36+,38+,43+,44-,61?/m1/s1. The van der Waals surface area contributed by atoms with E-state index in [-0.39, 0.29) is 86.5 Å². The summed E-state index contributed by atoms with van der Waals surface area (Å²) in [5.74, 6) is 2.32.